The molecule has 1 aromatic heterocycles. The zero-order valence-corrected chi connectivity index (χ0v) is 30.6. The van der Waals surface area contributed by atoms with Gasteiger partial charge in [-0.1, -0.05) is 158 Å². The minimum absolute atomic E-state index is 0.883. The SMILES string of the molecule is c1cc(-c2ccc3ccccc3c2)cc(N(c2ccc(-c3ccc4ccccc4c3)cc2)c2ccccc2-c2cccc3oc4c5ccccc5ccc4c23)c1. The summed E-state index contributed by atoms with van der Waals surface area (Å²) in [5.74, 6) is 0. The molecule has 0 atom stereocenters. The molecule has 11 rings (SSSR count). The summed E-state index contributed by atoms with van der Waals surface area (Å²) in [6.45, 7) is 0. The molecular weight excluding hydrogens is 679 g/mol. The zero-order chi connectivity index (χ0) is 37.0. The molecule has 262 valence electrons. The third-order valence-corrected chi connectivity index (χ3v) is 11.2. The van der Waals surface area contributed by atoms with Crippen LogP contribution in [0.3, 0.4) is 0 Å². The van der Waals surface area contributed by atoms with Gasteiger partial charge in [0.05, 0.1) is 5.69 Å². The second-order valence-electron chi connectivity index (χ2n) is 14.5. The average Bonchev–Trinajstić information content (AvgIpc) is 3.67. The average molecular weight is 714 g/mol. The van der Waals surface area contributed by atoms with E-state index < -0.39 is 0 Å². The van der Waals surface area contributed by atoms with Crippen molar-refractivity contribution in [3.63, 3.8) is 0 Å². The van der Waals surface area contributed by atoms with E-state index in [0.717, 1.165) is 55.5 Å². The van der Waals surface area contributed by atoms with Gasteiger partial charge >= 0.3 is 0 Å². The van der Waals surface area contributed by atoms with Crippen LogP contribution in [0.1, 0.15) is 0 Å². The fraction of sp³-hybridized carbons (Fsp3) is 0. The number of benzene rings is 10. The van der Waals surface area contributed by atoms with Gasteiger partial charge < -0.3 is 9.32 Å². The van der Waals surface area contributed by atoms with E-state index in [1.807, 2.05) is 0 Å². The van der Waals surface area contributed by atoms with Gasteiger partial charge in [-0.25, -0.2) is 0 Å². The molecule has 0 N–H and O–H groups in total. The monoisotopic (exact) mass is 713 g/mol. The molecule has 0 radical (unpaired) electrons. The normalized spacial score (nSPS) is 11.6. The molecule has 0 fully saturated rings. The Labute approximate surface area is 325 Å². The van der Waals surface area contributed by atoms with Crippen molar-refractivity contribution in [3.8, 4) is 33.4 Å². The lowest BCUT2D eigenvalue weighted by molar-refractivity contribution is 0.673. The summed E-state index contributed by atoms with van der Waals surface area (Å²) in [5, 5.41) is 9.49. The van der Waals surface area contributed by atoms with Crippen LogP contribution in [0.2, 0.25) is 0 Å². The Balaban J connectivity index is 1.10. The summed E-state index contributed by atoms with van der Waals surface area (Å²) in [6.07, 6.45) is 0. The number of anilines is 3. The second kappa shape index (κ2) is 13.2. The number of rotatable bonds is 6. The van der Waals surface area contributed by atoms with Crippen LogP contribution in [-0.4, -0.2) is 0 Å². The van der Waals surface area contributed by atoms with E-state index in [1.54, 1.807) is 0 Å². The molecule has 0 aliphatic heterocycles. The molecule has 10 aromatic carbocycles. The standard InChI is InChI=1S/C54H35NO/c1-3-14-40-33-43(25-23-36(40)11-1)38-27-30-45(31-28-38)55(46-17-9-16-42(35-46)44-26-24-37-12-2-4-15-41(37)34-44)51-21-8-7-19-48(51)49-20-10-22-52-53(49)50-32-29-39-13-5-6-18-47(39)54(50)56-52/h1-35H. The topological polar surface area (TPSA) is 16.4 Å². The molecule has 56 heavy (non-hydrogen) atoms. The maximum Gasteiger partial charge on any atom is 0.143 e. The highest BCUT2D eigenvalue weighted by Crippen LogP contribution is 2.46. The smallest absolute Gasteiger partial charge is 0.143 e. The first-order valence-corrected chi connectivity index (χ1v) is 19.2. The molecule has 11 aromatic rings. The molecule has 0 bridgehead atoms. The molecular formula is C54H35NO. The molecule has 2 nitrogen and oxygen atoms in total. The lowest BCUT2D eigenvalue weighted by Gasteiger charge is -2.28. The molecule has 0 amide bonds. The summed E-state index contributed by atoms with van der Waals surface area (Å²) >= 11 is 0. The van der Waals surface area contributed by atoms with Crippen molar-refractivity contribution < 1.29 is 4.42 Å². The van der Waals surface area contributed by atoms with Crippen molar-refractivity contribution in [2.45, 2.75) is 0 Å². The van der Waals surface area contributed by atoms with E-state index in [-0.39, 0.29) is 0 Å². The maximum absolute atomic E-state index is 6.66. The number of hydrogen-bond acceptors (Lipinski definition) is 2. The van der Waals surface area contributed by atoms with Gasteiger partial charge in [-0.15, -0.1) is 0 Å². The van der Waals surface area contributed by atoms with E-state index in [0.29, 0.717) is 0 Å². The van der Waals surface area contributed by atoms with Crippen LogP contribution in [0.5, 0.6) is 0 Å². The van der Waals surface area contributed by atoms with Crippen LogP contribution in [-0.2, 0) is 0 Å². The van der Waals surface area contributed by atoms with Crippen LogP contribution in [0.25, 0.3) is 87.6 Å². The lowest BCUT2D eigenvalue weighted by Crippen LogP contribution is -2.11. The minimum atomic E-state index is 0.883. The van der Waals surface area contributed by atoms with Crippen LogP contribution in [0.4, 0.5) is 17.1 Å². The van der Waals surface area contributed by atoms with Crippen molar-refractivity contribution in [1.82, 2.24) is 0 Å². The van der Waals surface area contributed by atoms with E-state index in [9.17, 15) is 0 Å². The minimum Gasteiger partial charge on any atom is -0.455 e. The maximum atomic E-state index is 6.66. The molecule has 0 saturated heterocycles. The summed E-state index contributed by atoms with van der Waals surface area (Å²) in [7, 11) is 0. The fourth-order valence-electron chi connectivity index (χ4n) is 8.47. The summed E-state index contributed by atoms with van der Waals surface area (Å²) in [4.78, 5) is 2.40. The van der Waals surface area contributed by atoms with Gasteiger partial charge in [0.1, 0.15) is 11.2 Å². The van der Waals surface area contributed by atoms with Crippen molar-refractivity contribution >= 4 is 71.3 Å². The molecule has 0 aliphatic carbocycles. The van der Waals surface area contributed by atoms with Gasteiger partial charge in [0, 0.05) is 33.1 Å². The first kappa shape index (κ1) is 32.0. The number of nitrogens with zero attached hydrogens (tertiary/aromatic N) is 1. The van der Waals surface area contributed by atoms with Gasteiger partial charge in [-0.3, -0.25) is 0 Å². The van der Waals surface area contributed by atoms with Crippen LogP contribution in [0.15, 0.2) is 217 Å². The Kier molecular flexibility index (Phi) is 7.53. The van der Waals surface area contributed by atoms with Crippen molar-refractivity contribution in [2.75, 3.05) is 4.90 Å². The predicted molar refractivity (Wildman–Crippen MR) is 237 cm³/mol. The molecule has 0 saturated carbocycles. The van der Waals surface area contributed by atoms with Gasteiger partial charge in [0.15, 0.2) is 0 Å². The van der Waals surface area contributed by atoms with Crippen molar-refractivity contribution in [1.29, 1.82) is 0 Å². The van der Waals surface area contributed by atoms with E-state index in [1.165, 1.54) is 49.2 Å². The summed E-state index contributed by atoms with van der Waals surface area (Å²) in [5.41, 5.74) is 12.0. The third-order valence-electron chi connectivity index (χ3n) is 11.2. The molecule has 0 aliphatic rings. The third kappa shape index (κ3) is 5.42. The van der Waals surface area contributed by atoms with Crippen molar-refractivity contribution in [3.05, 3.63) is 212 Å². The predicted octanol–water partition coefficient (Wildman–Crippen LogP) is 15.5. The summed E-state index contributed by atoms with van der Waals surface area (Å²) in [6, 6.07) is 76.6. The Morgan fingerprint density at radius 1 is 0.321 bits per heavy atom. The number of para-hydroxylation sites is 1. The van der Waals surface area contributed by atoms with Gasteiger partial charge in [0.2, 0.25) is 0 Å². The van der Waals surface area contributed by atoms with Gasteiger partial charge in [0.25, 0.3) is 0 Å². The fourth-order valence-corrected chi connectivity index (χ4v) is 8.47. The Morgan fingerprint density at radius 2 is 0.893 bits per heavy atom. The van der Waals surface area contributed by atoms with Crippen LogP contribution >= 0.6 is 0 Å². The van der Waals surface area contributed by atoms with Crippen molar-refractivity contribution in [2.24, 2.45) is 0 Å². The number of furan rings is 1. The molecule has 0 spiro atoms. The number of hydrogen-bond donors (Lipinski definition) is 0. The molecule has 0 unspecified atom stereocenters. The van der Waals surface area contributed by atoms with Crippen LogP contribution in [0, 0.1) is 0 Å². The van der Waals surface area contributed by atoms with E-state index >= 15 is 0 Å². The Morgan fingerprint density at radius 3 is 1.66 bits per heavy atom. The highest BCUT2D eigenvalue weighted by Gasteiger charge is 2.21. The second-order valence-corrected chi connectivity index (χ2v) is 14.5. The molecule has 1 heterocycles. The Bertz CT molecular complexity index is 3260. The summed E-state index contributed by atoms with van der Waals surface area (Å²) < 4.78 is 6.66. The Hall–Kier alpha value is -7.42. The highest BCUT2D eigenvalue weighted by molar-refractivity contribution is 6.19. The van der Waals surface area contributed by atoms with Crippen LogP contribution < -0.4 is 4.90 Å². The largest absolute Gasteiger partial charge is 0.455 e. The van der Waals surface area contributed by atoms with Gasteiger partial charge in [-0.05, 0) is 109 Å². The molecule has 2 heteroatoms. The van der Waals surface area contributed by atoms with Gasteiger partial charge in [-0.2, -0.15) is 0 Å². The zero-order valence-electron chi connectivity index (χ0n) is 30.6. The highest BCUT2D eigenvalue weighted by atomic mass is 16.3. The van der Waals surface area contributed by atoms with E-state index in [4.69, 9.17) is 4.42 Å². The number of fused-ring (bicyclic) bond motifs is 7. The first-order chi connectivity index (χ1) is 27.7. The first-order valence-electron chi connectivity index (χ1n) is 19.2. The lowest BCUT2D eigenvalue weighted by atomic mass is 9.95. The van der Waals surface area contributed by atoms with E-state index in [2.05, 4.69) is 217 Å². The quantitative estimate of drug-likeness (QED) is 0.171.